The summed E-state index contributed by atoms with van der Waals surface area (Å²) >= 11 is 0. The summed E-state index contributed by atoms with van der Waals surface area (Å²) in [4.78, 5) is 24.1. The number of hydrogen-bond acceptors (Lipinski definition) is 4. The van der Waals surface area contributed by atoms with Crippen LogP contribution in [0.3, 0.4) is 0 Å². The molecule has 0 saturated carbocycles. The van der Waals surface area contributed by atoms with Crippen LogP contribution in [0.15, 0.2) is 66.7 Å². The number of methoxy groups -OCH3 is 1. The van der Waals surface area contributed by atoms with Gasteiger partial charge in [-0.15, -0.1) is 0 Å². The summed E-state index contributed by atoms with van der Waals surface area (Å²) in [5.41, 5.74) is 7.10. The lowest BCUT2D eigenvalue weighted by atomic mass is 10.1. The van der Waals surface area contributed by atoms with Crippen LogP contribution in [0, 0.1) is 5.82 Å². The molecule has 3 N–H and O–H groups in total. The summed E-state index contributed by atoms with van der Waals surface area (Å²) in [6, 6.07) is 17.3. The van der Waals surface area contributed by atoms with Crippen molar-refractivity contribution in [1.29, 1.82) is 0 Å². The number of nitrogens with one attached hydrogen (secondary N) is 1. The number of nitrogens with two attached hydrogens (primary N) is 1. The van der Waals surface area contributed by atoms with Gasteiger partial charge in [-0.1, -0.05) is 24.3 Å². The zero-order chi connectivity index (χ0) is 20.8. The van der Waals surface area contributed by atoms with Crippen molar-refractivity contribution in [1.82, 2.24) is 0 Å². The summed E-state index contributed by atoms with van der Waals surface area (Å²) in [5.74, 6) is -0.835. The van der Waals surface area contributed by atoms with Crippen molar-refractivity contribution >= 4 is 17.5 Å². The van der Waals surface area contributed by atoms with Crippen LogP contribution in [0.2, 0.25) is 0 Å². The first-order valence-electron chi connectivity index (χ1n) is 8.73. The van der Waals surface area contributed by atoms with Crippen molar-refractivity contribution in [3.05, 3.63) is 89.2 Å². The lowest BCUT2D eigenvalue weighted by molar-refractivity contribution is 0.0994. The Hall–Kier alpha value is -3.87. The number of carbonyl (C=O) groups is 2. The monoisotopic (exact) mass is 394 g/mol. The van der Waals surface area contributed by atoms with Crippen molar-refractivity contribution < 1.29 is 23.5 Å². The first-order chi connectivity index (χ1) is 14.0. The summed E-state index contributed by atoms with van der Waals surface area (Å²) in [6.07, 6.45) is 0. The number of carbonyl (C=O) groups excluding carboxylic acids is 2. The zero-order valence-electron chi connectivity index (χ0n) is 15.6. The molecule has 3 aromatic rings. The predicted molar refractivity (Wildman–Crippen MR) is 107 cm³/mol. The number of anilines is 1. The molecule has 0 aromatic heterocycles. The van der Waals surface area contributed by atoms with E-state index in [9.17, 15) is 14.0 Å². The van der Waals surface area contributed by atoms with Crippen LogP contribution in [-0.4, -0.2) is 18.9 Å². The third kappa shape index (κ3) is 4.90. The minimum Gasteiger partial charge on any atom is -0.494 e. The second-order valence-corrected chi connectivity index (χ2v) is 6.15. The average Bonchev–Trinajstić information content (AvgIpc) is 2.73. The van der Waals surface area contributed by atoms with E-state index in [-0.39, 0.29) is 23.8 Å². The van der Waals surface area contributed by atoms with Gasteiger partial charge in [-0.05, 0) is 42.0 Å². The summed E-state index contributed by atoms with van der Waals surface area (Å²) in [7, 11) is 1.40. The largest absolute Gasteiger partial charge is 0.494 e. The molecule has 0 aliphatic heterocycles. The van der Waals surface area contributed by atoms with Crippen molar-refractivity contribution in [3.8, 4) is 11.5 Å². The Balaban J connectivity index is 1.73. The molecule has 148 valence electrons. The predicted octanol–water partition coefficient (Wildman–Crippen LogP) is 3.76. The van der Waals surface area contributed by atoms with E-state index >= 15 is 0 Å². The minimum absolute atomic E-state index is 0.144. The number of hydrogen-bond donors (Lipinski definition) is 2. The number of rotatable bonds is 7. The van der Waals surface area contributed by atoms with Crippen LogP contribution in [0.25, 0.3) is 0 Å². The van der Waals surface area contributed by atoms with Gasteiger partial charge in [0.1, 0.15) is 23.9 Å². The number of primary amides is 1. The molecule has 0 aliphatic carbocycles. The van der Waals surface area contributed by atoms with Gasteiger partial charge in [0.25, 0.3) is 11.8 Å². The fourth-order valence-electron chi connectivity index (χ4n) is 2.72. The van der Waals surface area contributed by atoms with Crippen molar-refractivity contribution in [2.45, 2.75) is 6.61 Å². The van der Waals surface area contributed by atoms with Crippen LogP contribution in [-0.2, 0) is 6.61 Å². The second kappa shape index (κ2) is 8.88. The normalized spacial score (nSPS) is 10.3. The lowest BCUT2D eigenvalue weighted by Gasteiger charge is -2.12. The van der Waals surface area contributed by atoms with E-state index in [0.717, 1.165) is 5.56 Å². The molecule has 29 heavy (non-hydrogen) atoms. The van der Waals surface area contributed by atoms with E-state index in [0.29, 0.717) is 17.0 Å². The van der Waals surface area contributed by atoms with Gasteiger partial charge in [-0.2, -0.15) is 0 Å². The van der Waals surface area contributed by atoms with E-state index < -0.39 is 11.7 Å². The molecule has 7 heteroatoms. The second-order valence-electron chi connectivity index (χ2n) is 6.15. The molecule has 3 aromatic carbocycles. The molecule has 0 unspecified atom stereocenters. The summed E-state index contributed by atoms with van der Waals surface area (Å²) in [5, 5.41) is 2.70. The van der Waals surface area contributed by atoms with E-state index in [1.165, 1.54) is 25.3 Å². The molecule has 0 saturated heterocycles. The Bertz CT molecular complexity index is 1050. The maximum absolute atomic E-state index is 13.3. The van der Waals surface area contributed by atoms with Crippen LogP contribution >= 0.6 is 0 Å². The first kappa shape index (κ1) is 19.9. The maximum Gasteiger partial charge on any atom is 0.255 e. The van der Waals surface area contributed by atoms with Crippen LogP contribution in [0.5, 0.6) is 11.5 Å². The molecular weight excluding hydrogens is 375 g/mol. The van der Waals surface area contributed by atoms with Gasteiger partial charge >= 0.3 is 0 Å². The molecule has 3 rings (SSSR count). The van der Waals surface area contributed by atoms with E-state index in [1.807, 2.05) is 0 Å². The van der Waals surface area contributed by atoms with Gasteiger partial charge in [0.05, 0.1) is 18.4 Å². The summed E-state index contributed by atoms with van der Waals surface area (Å²) in [6.45, 7) is 0.144. The highest BCUT2D eigenvalue weighted by atomic mass is 19.1. The van der Waals surface area contributed by atoms with Crippen molar-refractivity contribution in [2.75, 3.05) is 12.4 Å². The maximum atomic E-state index is 13.3. The van der Waals surface area contributed by atoms with Gasteiger partial charge in [-0.3, -0.25) is 9.59 Å². The molecule has 0 heterocycles. The Kier molecular flexibility index (Phi) is 6.09. The van der Waals surface area contributed by atoms with Gasteiger partial charge in [0.15, 0.2) is 0 Å². The highest BCUT2D eigenvalue weighted by molar-refractivity contribution is 6.05. The highest BCUT2D eigenvalue weighted by Gasteiger charge is 2.12. The molecule has 0 aliphatic rings. The first-order valence-corrected chi connectivity index (χ1v) is 8.73. The van der Waals surface area contributed by atoms with Gasteiger partial charge in [0, 0.05) is 11.6 Å². The van der Waals surface area contributed by atoms with Crippen LogP contribution < -0.4 is 20.5 Å². The number of amides is 2. The van der Waals surface area contributed by atoms with Gasteiger partial charge in [-0.25, -0.2) is 4.39 Å². The Morgan fingerprint density at radius 1 is 1.00 bits per heavy atom. The van der Waals surface area contributed by atoms with E-state index in [1.54, 1.807) is 48.5 Å². The fraction of sp³-hybridized carbons (Fsp3) is 0.0909. The average molecular weight is 394 g/mol. The Labute approximate surface area is 167 Å². The number of para-hydroxylation sites is 1. The minimum atomic E-state index is -0.582. The number of benzene rings is 3. The molecule has 6 nitrogen and oxygen atoms in total. The molecular formula is C22H19FN2O4. The zero-order valence-corrected chi connectivity index (χ0v) is 15.6. The van der Waals surface area contributed by atoms with Gasteiger partial charge < -0.3 is 20.5 Å². The molecule has 0 fully saturated rings. The standard InChI is InChI=1S/C22H19FN2O4/c1-28-20-12-16(23)9-10-18(20)25-22(27)15-6-4-5-14(11-15)13-29-19-8-3-2-7-17(19)21(24)26/h2-12H,13H2,1H3,(H2,24,26)(H,25,27). The van der Waals surface area contributed by atoms with E-state index in [4.69, 9.17) is 15.2 Å². The SMILES string of the molecule is COc1cc(F)ccc1NC(=O)c1cccc(COc2ccccc2C(N)=O)c1. The molecule has 0 bridgehead atoms. The van der Waals surface area contributed by atoms with Crippen molar-refractivity contribution in [3.63, 3.8) is 0 Å². The molecule has 0 spiro atoms. The molecule has 0 atom stereocenters. The van der Waals surface area contributed by atoms with Gasteiger partial charge in [0.2, 0.25) is 0 Å². The quantitative estimate of drug-likeness (QED) is 0.638. The Morgan fingerprint density at radius 2 is 1.79 bits per heavy atom. The van der Waals surface area contributed by atoms with Crippen LogP contribution in [0.4, 0.5) is 10.1 Å². The van der Waals surface area contributed by atoms with Crippen LogP contribution in [0.1, 0.15) is 26.3 Å². The van der Waals surface area contributed by atoms with E-state index in [2.05, 4.69) is 5.32 Å². The number of ether oxygens (including phenoxy) is 2. The third-order valence-corrected chi connectivity index (χ3v) is 4.15. The smallest absolute Gasteiger partial charge is 0.255 e. The fourth-order valence-corrected chi connectivity index (χ4v) is 2.72. The Morgan fingerprint density at radius 3 is 2.55 bits per heavy atom. The summed E-state index contributed by atoms with van der Waals surface area (Å²) < 4.78 is 24.1. The molecule has 0 radical (unpaired) electrons. The highest BCUT2D eigenvalue weighted by Crippen LogP contribution is 2.25. The molecule has 2 amide bonds. The topological polar surface area (TPSA) is 90.7 Å². The lowest BCUT2D eigenvalue weighted by Crippen LogP contribution is -2.14. The number of halogens is 1. The third-order valence-electron chi connectivity index (χ3n) is 4.15. The van der Waals surface area contributed by atoms with Crippen molar-refractivity contribution in [2.24, 2.45) is 5.73 Å².